The van der Waals surface area contributed by atoms with Gasteiger partial charge in [0.05, 0.1) is 18.9 Å². The molecule has 26 heteroatoms. The zero-order valence-corrected chi connectivity index (χ0v) is 44.7. The van der Waals surface area contributed by atoms with Crippen LogP contribution in [0.3, 0.4) is 0 Å². The number of amides is 10. The standard InChI is InChI=1S/C55H64F2N10O14/c1-32(61-54(80)81-31-34-13-9-6-10-14-34)50(76)63-41(26-48(74)75)53(79)64-40(25-43(58)69)52(78)62-39(51(77)60-21-20-59-44(70)29-67-45(71)17-18-46(67)72)19-22-66(47(73)30-68)49(55(2,3)4)42-23-35(37-24-36(56)15-16-38(37)57)28-65(42)27-33-11-7-5-8-12-33/h5-18,23-24,28,32,39-41,49,68H,19-22,25-27,29-31H2,1-4H3,(H2,58,69)(H,59,70)(H,60,77)(H,61,80)(H,62,78)(H,63,76)(H,64,79)(H,74,75)/t32-,39-,40-,41-,49-/m0/s1. The van der Waals surface area contributed by atoms with Crippen molar-refractivity contribution in [1.29, 1.82) is 0 Å². The zero-order valence-electron chi connectivity index (χ0n) is 44.7. The molecule has 0 spiro atoms. The van der Waals surface area contributed by atoms with Crippen LogP contribution in [0, 0.1) is 17.0 Å². The van der Waals surface area contributed by atoms with Gasteiger partial charge in [0.1, 0.15) is 55.6 Å². The SMILES string of the molecule is C[C@H](NC(=O)OCc1ccccc1)C(=O)N[C@@H](CC(=O)O)C(=O)N[C@@H](CC(N)=O)C(=O)N[C@@H](CCN(C(=O)CO)[C@@H](c1cc(-c2cc(F)ccc2F)cn1Cc1ccccc1)C(C)(C)C)C(=O)NCCNC(=O)CN1C(=O)C=CC1=O. The van der Waals surface area contributed by atoms with Crippen LogP contribution in [0.25, 0.3) is 11.1 Å². The van der Waals surface area contributed by atoms with E-state index < -0.39 is 151 Å². The van der Waals surface area contributed by atoms with Crippen molar-refractivity contribution in [2.45, 2.75) is 90.3 Å². The van der Waals surface area contributed by atoms with E-state index in [1.54, 1.807) is 86.1 Å². The molecule has 0 radical (unpaired) electrons. The van der Waals surface area contributed by atoms with Crippen molar-refractivity contribution in [2.75, 3.05) is 32.8 Å². The predicted molar refractivity (Wildman–Crippen MR) is 284 cm³/mol. The molecule has 0 unspecified atom stereocenters. The first kappa shape index (κ1) is 62.5. The van der Waals surface area contributed by atoms with Gasteiger partial charge in [0.25, 0.3) is 11.8 Å². The first-order valence-electron chi connectivity index (χ1n) is 25.4. The van der Waals surface area contributed by atoms with Gasteiger partial charge in [-0.1, -0.05) is 81.4 Å². The summed E-state index contributed by atoms with van der Waals surface area (Å²) in [4.78, 5) is 145. The van der Waals surface area contributed by atoms with E-state index in [0.717, 1.165) is 35.9 Å². The number of hydrogen-bond acceptors (Lipinski definition) is 13. The summed E-state index contributed by atoms with van der Waals surface area (Å²) in [5, 5.41) is 34.2. The van der Waals surface area contributed by atoms with Crippen molar-refractivity contribution in [3.05, 3.63) is 132 Å². The number of alkyl carbamates (subject to hydrolysis) is 1. The average Bonchev–Trinajstić information content (AvgIpc) is 4.17. The minimum atomic E-state index is -1.97. The van der Waals surface area contributed by atoms with E-state index >= 15 is 4.39 Å². The number of aromatic nitrogens is 1. The number of aliphatic hydroxyl groups is 1. The minimum Gasteiger partial charge on any atom is -0.481 e. The summed E-state index contributed by atoms with van der Waals surface area (Å²) in [6.07, 6.45) is -0.0107. The Morgan fingerprint density at radius 3 is 1.90 bits per heavy atom. The first-order valence-corrected chi connectivity index (χ1v) is 25.4. The van der Waals surface area contributed by atoms with Crippen LogP contribution in [0.2, 0.25) is 0 Å². The number of nitrogens with one attached hydrogen (secondary N) is 6. The zero-order chi connectivity index (χ0) is 59.6. The van der Waals surface area contributed by atoms with Crippen LogP contribution in [0.4, 0.5) is 13.6 Å². The number of primary amides is 1. The Labute approximate surface area is 463 Å². The number of ether oxygens (including phenoxy) is 1. The number of halogens is 2. The van der Waals surface area contributed by atoms with Gasteiger partial charge in [-0.05, 0) is 54.2 Å². The molecule has 0 fully saturated rings. The fraction of sp³-hybridized carbons (Fsp3) is 0.364. The normalized spacial score (nSPS) is 13.9. The molecule has 2 heterocycles. The molecule has 81 heavy (non-hydrogen) atoms. The van der Waals surface area contributed by atoms with Gasteiger partial charge in [0.2, 0.25) is 41.4 Å². The van der Waals surface area contributed by atoms with Gasteiger partial charge in [-0.25, -0.2) is 13.6 Å². The molecule has 1 aromatic heterocycles. The molecule has 5 rings (SSSR count). The van der Waals surface area contributed by atoms with E-state index in [0.29, 0.717) is 16.2 Å². The number of hydrogen-bond donors (Lipinski definition) is 9. The van der Waals surface area contributed by atoms with E-state index in [9.17, 15) is 67.3 Å². The van der Waals surface area contributed by atoms with Gasteiger partial charge in [-0.2, -0.15) is 0 Å². The van der Waals surface area contributed by atoms with Gasteiger partial charge < -0.3 is 62.1 Å². The van der Waals surface area contributed by atoms with E-state index in [1.807, 2.05) is 12.1 Å². The lowest BCUT2D eigenvalue weighted by Gasteiger charge is -2.41. The maximum Gasteiger partial charge on any atom is 0.408 e. The number of carboxylic acids is 1. The van der Waals surface area contributed by atoms with Crippen molar-refractivity contribution in [3.8, 4) is 11.1 Å². The molecular weight excluding hydrogens is 1060 g/mol. The van der Waals surface area contributed by atoms with Gasteiger partial charge in [-0.15, -0.1) is 0 Å². The van der Waals surface area contributed by atoms with E-state index in [1.165, 1.54) is 11.8 Å². The predicted octanol–water partition coefficient (Wildman–Crippen LogP) is 1.06. The topological polar surface area (TPSA) is 347 Å². The summed E-state index contributed by atoms with van der Waals surface area (Å²) < 4.78 is 36.9. The Hall–Kier alpha value is -9.33. The third-order valence-corrected chi connectivity index (χ3v) is 12.5. The van der Waals surface area contributed by atoms with Crippen LogP contribution < -0.4 is 37.6 Å². The van der Waals surface area contributed by atoms with E-state index in [4.69, 9.17) is 10.5 Å². The summed E-state index contributed by atoms with van der Waals surface area (Å²) in [7, 11) is 0. The van der Waals surface area contributed by atoms with Crippen LogP contribution in [0.5, 0.6) is 0 Å². The van der Waals surface area contributed by atoms with Crippen molar-refractivity contribution >= 4 is 65.2 Å². The molecule has 10 N–H and O–H groups in total. The largest absolute Gasteiger partial charge is 0.481 e. The Morgan fingerprint density at radius 1 is 0.728 bits per heavy atom. The van der Waals surface area contributed by atoms with Crippen LogP contribution in [-0.2, 0) is 65.8 Å². The summed E-state index contributed by atoms with van der Waals surface area (Å²) in [5.41, 5.74) is 6.45. The minimum absolute atomic E-state index is 0.0981. The second-order valence-corrected chi connectivity index (χ2v) is 19.8. The molecule has 4 aromatic rings. The number of rotatable bonds is 28. The molecule has 3 aromatic carbocycles. The quantitative estimate of drug-likeness (QED) is 0.0284. The Balaban J connectivity index is 1.43. The number of aliphatic carboxylic acids is 1. The fourth-order valence-corrected chi connectivity index (χ4v) is 8.58. The molecule has 0 saturated heterocycles. The van der Waals surface area contributed by atoms with Gasteiger partial charge in [0.15, 0.2) is 0 Å². The number of carbonyl (C=O) groups is 11. The number of carbonyl (C=O) groups excluding carboxylic acids is 10. The molecule has 5 atom stereocenters. The molecule has 1 aliphatic heterocycles. The highest BCUT2D eigenvalue weighted by molar-refractivity contribution is 6.14. The van der Waals surface area contributed by atoms with Crippen molar-refractivity contribution in [1.82, 2.24) is 46.3 Å². The Kier molecular flexibility index (Phi) is 22.4. The fourth-order valence-electron chi connectivity index (χ4n) is 8.58. The molecule has 1 aliphatic rings. The summed E-state index contributed by atoms with van der Waals surface area (Å²) in [5.74, 6) is -12.0. The highest BCUT2D eigenvalue weighted by atomic mass is 19.1. The summed E-state index contributed by atoms with van der Waals surface area (Å²) >= 11 is 0. The monoisotopic (exact) mass is 1130 g/mol. The number of carboxylic acid groups (broad SMARTS) is 1. The van der Waals surface area contributed by atoms with Crippen LogP contribution >= 0.6 is 0 Å². The van der Waals surface area contributed by atoms with Crippen molar-refractivity contribution in [2.24, 2.45) is 11.1 Å². The molecule has 24 nitrogen and oxygen atoms in total. The highest BCUT2D eigenvalue weighted by Gasteiger charge is 2.39. The maximum absolute atomic E-state index is 15.4. The molecular formula is C55H64F2N10O14. The second kappa shape index (κ2) is 29.0. The highest BCUT2D eigenvalue weighted by Crippen LogP contribution is 2.41. The van der Waals surface area contributed by atoms with E-state index in [2.05, 4.69) is 31.9 Å². The van der Waals surface area contributed by atoms with Crippen LogP contribution in [0.15, 0.2) is 103 Å². The lowest BCUT2D eigenvalue weighted by atomic mass is 9.82. The number of benzene rings is 3. The molecule has 0 saturated carbocycles. The van der Waals surface area contributed by atoms with Gasteiger partial charge in [-0.3, -0.25) is 52.8 Å². The third kappa shape index (κ3) is 18.7. The number of nitrogens with zero attached hydrogens (tertiary/aromatic N) is 3. The number of aliphatic hydroxyl groups excluding tert-OH is 1. The van der Waals surface area contributed by atoms with Crippen LogP contribution in [-0.4, -0.2) is 147 Å². The third-order valence-electron chi connectivity index (χ3n) is 12.5. The number of nitrogens with two attached hydrogens (primary N) is 1. The molecule has 10 amide bonds. The lowest BCUT2D eigenvalue weighted by molar-refractivity contribution is -0.142. The number of imide groups is 1. The van der Waals surface area contributed by atoms with Crippen molar-refractivity contribution < 1.29 is 76.5 Å². The molecule has 0 aliphatic carbocycles. The molecule has 432 valence electrons. The summed E-state index contributed by atoms with van der Waals surface area (Å²) in [6, 6.07) is 14.0. The lowest BCUT2D eigenvalue weighted by Crippen LogP contribution is -2.59. The van der Waals surface area contributed by atoms with Gasteiger partial charge >= 0.3 is 12.1 Å². The second-order valence-electron chi connectivity index (χ2n) is 19.8. The Morgan fingerprint density at radius 2 is 1.31 bits per heavy atom. The van der Waals surface area contributed by atoms with Crippen LogP contribution in [0.1, 0.15) is 69.8 Å². The Bertz CT molecular complexity index is 2990. The molecule has 0 bridgehead atoms. The first-order chi connectivity index (χ1) is 38.3. The van der Waals surface area contributed by atoms with E-state index in [-0.39, 0.29) is 37.4 Å². The maximum atomic E-state index is 15.4. The summed E-state index contributed by atoms with van der Waals surface area (Å²) in [6.45, 7) is 3.70. The van der Waals surface area contributed by atoms with Gasteiger partial charge in [0, 0.05) is 61.3 Å². The smallest absolute Gasteiger partial charge is 0.408 e. The average molecular weight is 1130 g/mol. The van der Waals surface area contributed by atoms with Crippen molar-refractivity contribution in [3.63, 3.8) is 0 Å².